The van der Waals surface area contributed by atoms with Crippen molar-refractivity contribution in [2.45, 2.75) is 38.3 Å². The topological polar surface area (TPSA) is 93.5 Å². The molecule has 0 aliphatic heterocycles. The van der Waals surface area contributed by atoms with Gasteiger partial charge in [-0.15, -0.1) is 12.4 Å². The second-order valence-corrected chi connectivity index (χ2v) is 7.20. The number of nitrogens with one attached hydrogen (secondary N) is 2. The highest BCUT2D eigenvalue weighted by Gasteiger charge is 2.23. The van der Waals surface area contributed by atoms with E-state index < -0.39 is 6.04 Å². The number of amides is 2. The maximum absolute atomic E-state index is 12.2. The Kier molecular flexibility index (Phi) is 8.49. The van der Waals surface area contributed by atoms with Gasteiger partial charge in [0.25, 0.3) is 5.91 Å². The van der Waals surface area contributed by atoms with Gasteiger partial charge in [-0.1, -0.05) is 42.0 Å². The van der Waals surface area contributed by atoms with Crippen LogP contribution in [0.15, 0.2) is 48.5 Å². The van der Waals surface area contributed by atoms with Crippen LogP contribution in [0.3, 0.4) is 0 Å². The summed E-state index contributed by atoms with van der Waals surface area (Å²) in [7, 11) is 0. The number of halogens is 1. The molecule has 7 heteroatoms. The molecule has 2 amide bonds. The van der Waals surface area contributed by atoms with E-state index in [1.54, 1.807) is 0 Å². The fourth-order valence-electron chi connectivity index (χ4n) is 2.76. The van der Waals surface area contributed by atoms with E-state index in [2.05, 4.69) is 10.6 Å². The molecule has 1 aliphatic rings. The van der Waals surface area contributed by atoms with Crippen LogP contribution < -0.4 is 21.1 Å². The number of hydrogen-bond donors (Lipinski definition) is 3. The lowest BCUT2D eigenvalue weighted by Gasteiger charge is -2.13. The van der Waals surface area contributed by atoms with Crippen LogP contribution in [-0.2, 0) is 16.0 Å². The first-order valence-corrected chi connectivity index (χ1v) is 9.62. The third-order valence-electron chi connectivity index (χ3n) is 4.67. The van der Waals surface area contributed by atoms with Gasteiger partial charge in [0.15, 0.2) is 6.61 Å². The minimum atomic E-state index is -0.668. The zero-order chi connectivity index (χ0) is 19.9. The lowest BCUT2D eigenvalue weighted by molar-refractivity contribution is -0.123. The maximum Gasteiger partial charge on any atom is 0.258 e. The molecule has 0 heterocycles. The van der Waals surface area contributed by atoms with Gasteiger partial charge in [-0.25, -0.2) is 0 Å². The summed E-state index contributed by atoms with van der Waals surface area (Å²) in [6.45, 7) is 2.53. The van der Waals surface area contributed by atoms with E-state index >= 15 is 0 Å². The Hall–Kier alpha value is -2.57. The first-order chi connectivity index (χ1) is 13.5. The molecule has 1 atom stereocenters. The Morgan fingerprint density at radius 3 is 2.38 bits per heavy atom. The van der Waals surface area contributed by atoms with E-state index in [-0.39, 0.29) is 30.8 Å². The van der Waals surface area contributed by atoms with Crippen molar-refractivity contribution in [3.8, 4) is 5.75 Å². The zero-order valence-corrected chi connectivity index (χ0v) is 17.3. The number of nitrogens with two attached hydrogens (primary N) is 1. The highest BCUT2D eigenvalue weighted by Crippen LogP contribution is 2.18. The van der Waals surface area contributed by atoms with Crippen LogP contribution in [-0.4, -0.2) is 31.0 Å². The standard InChI is InChI=1S/C22H27N3O3.ClH/c1-15-2-6-17(7-3-15)21(23)22(27)24-13-12-16-4-10-19(11-5-16)28-14-20(26)25-18-8-9-18;/h2-7,10-11,18,21H,8-9,12-14,23H2,1H3,(H,24,27)(H,25,26);1H. The van der Waals surface area contributed by atoms with Gasteiger partial charge < -0.3 is 21.1 Å². The molecule has 1 saturated carbocycles. The molecule has 1 aliphatic carbocycles. The Bertz CT molecular complexity index is 805. The third kappa shape index (κ3) is 7.40. The van der Waals surface area contributed by atoms with Crippen molar-refractivity contribution in [3.05, 3.63) is 65.2 Å². The quantitative estimate of drug-likeness (QED) is 0.584. The number of carbonyl (C=O) groups excluding carboxylic acids is 2. The molecule has 0 saturated heterocycles. The minimum Gasteiger partial charge on any atom is -0.484 e. The molecule has 1 fully saturated rings. The predicted octanol–water partition coefficient (Wildman–Crippen LogP) is 2.43. The van der Waals surface area contributed by atoms with Crippen molar-refractivity contribution in [2.75, 3.05) is 13.2 Å². The normalized spacial score (nSPS) is 13.7. The van der Waals surface area contributed by atoms with Gasteiger partial charge in [-0.05, 0) is 49.4 Å². The van der Waals surface area contributed by atoms with Gasteiger partial charge in [0.2, 0.25) is 5.91 Å². The molecule has 156 valence electrons. The average Bonchev–Trinajstić information content (AvgIpc) is 3.51. The van der Waals surface area contributed by atoms with Crippen molar-refractivity contribution in [1.82, 2.24) is 10.6 Å². The summed E-state index contributed by atoms with van der Waals surface area (Å²) >= 11 is 0. The van der Waals surface area contributed by atoms with E-state index in [0.29, 0.717) is 24.8 Å². The number of aryl methyl sites for hydroxylation is 1. The van der Waals surface area contributed by atoms with Gasteiger partial charge in [0.1, 0.15) is 11.8 Å². The van der Waals surface area contributed by atoms with Crippen molar-refractivity contribution in [3.63, 3.8) is 0 Å². The fourth-order valence-corrected chi connectivity index (χ4v) is 2.76. The monoisotopic (exact) mass is 417 g/mol. The van der Waals surface area contributed by atoms with Crippen molar-refractivity contribution in [2.24, 2.45) is 5.73 Å². The highest BCUT2D eigenvalue weighted by molar-refractivity contribution is 5.85. The van der Waals surface area contributed by atoms with Crippen molar-refractivity contribution in [1.29, 1.82) is 0 Å². The first-order valence-electron chi connectivity index (χ1n) is 9.62. The summed E-state index contributed by atoms with van der Waals surface area (Å²) in [6, 6.07) is 14.8. The van der Waals surface area contributed by atoms with Crippen LogP contribution in [0.2, 0.25) is 0 Å². The first kappa shape index (κ1) is 22.7. The average molecular weight is 418 g/mol. The van der Waals surface area contributed by atoms with Gasteiger partial charge in [-0.2, -0.15) is 0 Å². The van der Waals surface area contributed by atoms with Gasteiger partial charge in [0.05, 0.1) is 0 Å². The fraction of sp³-hybridized carbons (Fsp3) is 0.364. The highest BCUT2D eigenvalue weighted by atomic mass is 35.5. The van der Waals surface area contributed by atoms with Crippen LogP contribution >= 0.6 is 12.4 Å². The predicted molar refractivity (Wildman–Crippen MR) is 115 cm³/mol. The van der Waals surface area contributed by atoms with Gasteiger partial charge >= 0.3 is 0 Å². The van der Waals surface area contributed by atoms with Crippen LogP contribution in [0.5, 0.6) is 5.75 Å². The molecule has 29 heavy (non-hydrogen) atoms. The molecular formula is C22H28ClN3O3. The lowest BCUT2D eigenvalue weighted by atomic mass is 10.1. The number of carbonyl (C=O) groups is 2. The Balaban J connectivity index is 0.00000300. The van der Waals surface area contributed by atoms with Crippen LogP contribution in [0.1, 0.15) is 35.6 Å². The molecule has 4 N–H and O–H groups in total. The number of hydrogen-bond acceptors (Lipinski definition) is 4. The molecule has 6 nitrogen and oxygen atoms in total. The van der Waals surface area contributed by atoms with E-state index in [9.17, 15) is 9.59 Å². The molecule has 0 bridgehead atoms. The number of rotatable bonds is 9. The molecule has 0 spiro atoms. The van der Waals surface area contributed by atoms with E-state index in [1.165, 1.54) is 0 Å². The third-order valence-corrected chi connectivity index (χ3v) is 4.67. The maximum atomic E-state index is 12.2. The van der Waals surface area contributed by atoms with E-state index in [1.807, 2.05) is 55.5 Å². The van der Waals surface area contributed by atoms with E-state index in [4.69, 9.17) is 10.5 Å². The summed E-state index contributed by atoms with van der Waals surface area (Å²) in [5.41, 5.74) is 9.02. The van der Waals surface area contributed by atoms with Gasteiger partial charge in [-0.3, -0.25) is 9.59 Å². The summed E-state index contributed by atoms with van der Waals surface area (Å²) in [6.07, 6.45) is 2.81. The Labute approximate surface area is 177 Å². The summed E-state index contributed by atoms with van der Waals surface area (Å²) in [4.78, 5) is 23.8. The molecule has 1 unspecified atom stereocenters. The molecule has 2 aromatic rings. The Morgan fingerprint density at radius 1 is 1.10 bits per heavy atom. The van der Waals surface area contributed by atoms with Gasteiger partial charge in [0, 0.05) is 12.6 Å². The molecule has 2 aromatic carbocycles. The van der Waals surface area contributed by atoms with Crippen LogP contribution in [0.25, 0.3) is 0 Å². The summed E-state index contributed by atoms with van der Waals surface area (Å²) < 4.78 is 5.48. The van der Waals surface area contributed by atoms with Crippen molar-refractivity contribution < 1.29 is 14.3 Å². The zero-order valence-electron chi connectivity index (χ0n) is 16.5. The largest absolute Gasteiger partial charge is 0.484 e. The summed E-state index contributed by atoms with van der Waals surface area (Å²) in [5, 5.41) is 5.76. The summed E-state index contributed by atoms with van der Waals surface area (Å²) in [5.74, 6) is 0.379. The molecule has 0 aromatic heterocycles. The number of ether oxygens (including phenoxy) is 1. The van der Waals surface area contributed by atoms with Crippen LogP contribution in [0, 0.1) is 6.92 Å². The number of benzene rings is 2. The van der Waals surface area contributed by atoms with Crippen LogP contribution in [0.4, 0.5) is 0 Å². The van der Waals surface area contributed by atoms with E-state index in [0.717, 1.165) is 29.5 Å². The Morgan fingerprint density at radius 2 is 1.76 bits per heavy atom. The minimum absolute atomic E-state index is 0. The SMILES string of the molecule is Cc1ccc(C(N)C(=O)NCCc2ccc(OCC(=O)NC3CC3)cc2)cc1.Cl. The molecule has 3 rings (SSSR count). The molecular weight excluding hydrogens is 390 g/mol. The smallest absolute Gasteiger partial charge is 0.258 e. The molecule has 0 radical (unpaired) electrons. The lowest BCUT2D eigenvalue weighted by Crippen LogP contribution is -2.35. The van der Waals surface area contributed by atoms with Crippen molar-refractivity contribution >= 4 is 24.2 Å². The second-order valence-electron chi connectivity index (χ2n) is 7.20. The second kappa shape index (κ2) is 10.8.